The molecule has 1 saturated carbocycles. The third-order valence-corrected chi connectivity index (χ3v) is 3.28. The van der Waals surface area contributed by atoms with Gasteiger partial charge in [0, 0.05) is 6.07 Å². The summed E-state index contributed by atoms with van der Waals surface area (Å²) in [6, 6.07) is 0.994. The molecule has 0 unspecified atom stereocenters. The van der Waals surface area contributed by atoms with Crippen molar-refractivity contribution < 1.29 is 13.5 Å². The van der Waals surface area contributed by atoms with Gasteiger partial charge in [-0.2, -0.15) is 0 Å². The smallest absolute Gasteiger partial charge is 0.175 e. The Kier molecular flexibility index (Phi) is 2.82. The van der Waals surface area contributed by atoms with E-state index in [9.17, 15) is 8.78 Å². The van der Waals surface area contributed by atoms with Crippen LogP contribution in [0.4, 0.5) is 14.5 Å². The lowest BCUT2D eigenvalue weighted by molar-refractivity contribution is 0.120. The molecule has 5 heteroatoms. The van der Waals surface area contributed by atoms with Crippen LogP contribution >= 0.6 is 15.9 Å². The average Bonchev–Trinajstić information content (AvgIpc) is 2.15. The molecule has 0 radical (unpaired) electrons. The summed E-state index contributed by atoms with van der Waals surface area (Å²) in [6.07, 6.45) is 3.07. The van der Waals surface area contributed by atoms with Gasteiger partial charge in [0.2, 0.25) is 0 Å². The van der Waals surface area contributed by atoms with E-state index in [0.717, 1.165) is 25.3 Å². The predicted molar refractivity (Wildman–Crippen MR) is 56.7 cm³/mol. The molecule has 2 rings (SSSR count). The highest BCUT2D eigenvalue weighted by Crippen LogP contribution is 2.36. The average molecular weight is 278 g/mol. The molecule has 0 amide bonds. The topological polar surface area (TPSA) is 35.2 Å². The molecule has 0 atom stereocenters. The monoisotopic (exact) mass is 277 g/mol. The molecule has 0 aliphatic heterocycles. The SMILES string of the molecule is Nc1c(OC2CCC2)cc(F)c(F)c1Br. The number of nitrogens with two attached hydrogens (primary N) is 1. The largest absolute Gasteiger partial charge is 0.488 e. The van der Waals surface area contributed by atoms with E-state index in [1.165, 1.54) is 0 Å². The number of nitrogen functional groups attached to an aromatic ring is 1. The highest BCUT2D eigenvalue weighted by molar-refractivity contribution is 9.10. The fourth-order valence-electron chi connectivity index (χ4n) is 1.35. The number of ether oxygens (including phenoxy) is 1. The van der Waals surface area contributed by atoms with E-state index in [4.69, 9.17) is 10.5 Å². The van der Waals surface area contributed by atoms with Crippen LogP contribution in [0.3, 0.4) is 0 Å². The van der Waals surface area contributed by atoms with Gasteiger partial charge in [0.25, 0.3) is 0 Å². The van der Waals surface area contributed by atoms with Gasteiger partial charge < -0.3 is 10.5 Å². The molecule has 1 aromatic carbocycles. The molecule has 1 aliphatic carbocycles. The maximum atomic E-state index is 13.1. The first kappa shape index (κ1) is 10.7. The number of rotatable bonds is 2. The van der Waals surface area contributed by atoms with Gasteiger partial charge in [-0.05, 0) is 35.2 Å². The summed E-state index contributed by atoms with van der Waals surface area (Å²) in [5.41, 5.74) is 5.71. The first-order valence-corrected chi connectivity index (χ1v) is 5.48. The van der Waals surface area contributed by atoms with Crippen LogP contribution in [0.1, 0.15) is 19.3 Å². The molecule has 1 aromatic rings. The normalized spacial score (nSPS) is 16.2. The molecule has 82 valence electrons. The molecule has 2 N–H and O–H groups in total. The molecule has 0 saturated heterocycles. The van der Waals surface area contributed by atoms with Gasteiger partial charge in [-0.25, -0.2) is 8.78 Å². The third-order valence-electron chi connectivity index (χ3n) is 2.51. The second-order valence-electron chi connectivity index (χ2n) is 3.57. The number of anilines is 1. The van der Waals surface area contributed by atoms with Crippen LogP contribution in [0.25, 0.3) is 0 Å². The van der Waals surface area contributed by atoms with Gasteiger partial charge in [-0.1, -0.05) is 0 Å². The lowest BCUT2D eigenvalue weighted by Crippen LogP contribution is -2.25. The fraction of sp³-hybridized carbons (Fsp3) is 0.400. The van der Waals surface area contributed by atoms with Crippen LogP contribution in [-0.4, -0.2) is 6.10 Å². The summed E-state index contributed by atoms with van der Waals surface area (Å²) in [4.78, 5) is 0. The van der Waals surface area contributed by atoms with Gasteiger partial charge in [-0.15, -0.1) is 0 Å². The number of halogens is 3. The number of benzene rings is 1. The molecule has 0 spiro atoms. The summed E-state index contributed by atoms with van der Waals surface area (Å²) in [6.45, 7) is 0. The van der Waals surface area contributed by atoms with E-state index in [1.54, 1.807) is 0 Å². The van der Waals surface area contributed by atoms with Crippen molar-refractivity contribution in [2.24, 2.45) is 0 Å². The molecular weight excluding hydrogens is 268 g/mol. The highest BCUT2D eigenvalue weighted by atomic mass is 79.9. The quantitative estimate of drug-likeness (QED) is 0.665. The van der Waals surface area contributed by atoms with Crippen molar-refractivity contribution >= 4 is 21.6 Å². The molecule has 2 nitrogen and oxygen atoms in total. The van der Waals surface area contributed by atoms with Crippen LogP contribution in [-0.2, 0) is 0 Å². The Hall–Kier alpha value is -0.840. The van der Waals surface area contributed by atoms with E-state index in [1.807, 2.05) is 0 Å². The molecule has 0 aromatic heterocycles. The van der Waals surface area contributed by atoms with Crippen molar-refractivity contribution in [2.45, 2.75) is 25.4 Å². The van der Waals surface area contributed by atoms with Gasteiger partial charge in [0.15, 0.2) is 11.6 Å². The molecule has 1 fully saturated rings. The van der Waals surface area contributed by atoms with Crippen molar-refractivity contribution in [3.05, 3.63) is 22.2 Å². The Bertz CT molecular complexity index is 393. The summed E-state index contributed by atoms with van der Waals surface area (Å²) < 4.78 is 31.5. The lowest BCUT2D eigenvalue weighted by Gasteiger charge is -2.27. The molecule has 0 heterocycles. The second-order valence-corrected chi connectivity index (χ2v) is 4.36. The van der Waals surface area contributed by atoms with Crippen molar-refractivity contribution in [2.75, 3.05) is 5.73 Å². The molecular formula is C10H10BrF2NO. The van der Waals surface area contributed by atoms with E-state index >= 15 is 0 Å². The van der Waals surface area contributed by atoms with Crippen LogP contribution in [0.5, 0.6) is 5.75 Å². The van der Waals surface area contributed by atoms with Gasteiger partial charge >= 0.3 is 0 Å². The van der Waals surface area contributed by atoms with E-state index in [-0.39, 0.29) is 22.0 Å². The van der Waals surface area contributed by atoms with E-state index in [2.05, 4.69) is 15.9 Å². The number of hydrogen-bond acceptors (Lipinski definition) is 2. The molecule has 15 heavy (non-hydrogen) atoms. The Balaban J connectivity index is 2.30. The Labute approximate surface area is 94.5 Å². The predicted octanol–water partition coefficient (Wildman–Crippen LogP) is 3.24. The molecule has 0 bridgehead atoms. The highest BCUT2D eigenvalue weighted by Gasteiger charge is 2.22. The minimum atomic E-state index is -0.978. The zero-order chi connectivity index (χ0) is 11.0. The molecule has 1 aliphatic rings. The van der Waals surface area contributed by atoms with Crippen LogP contribution < -0.4 is 10.5 Å². The lowest BCUT2D eigenvalue weighted by atomic mass is 9.96. The first-order chi connectivity index (χ1) is 7.09. The van der Waals surface area contributed by atoms with Crippen molar-refractivity contribution in [3.63, 3.8) is 0 Å². The summed E-state index contributed by atoms with van der Waals surface area (Å²) >= 11 is 2.89. The zero-order valence-corrected chi connectivity index (χ0v) is 9.48. The van der Waals surface area contributed by atoms with E-state index < -0.39 is 11.6 Å². The fourth-order valence-corrected chi connectivity index (χ4v) is 1.74. The number of hydrogen-bond donors (Lipinski definition) is 1. The van der Waals surface area contributed by atoms with Gasteiger partial charge in [0.1, 0.15) is 5.75 Å². The maximum Gasteiger partial charge on any atom is 0.175 e. The van der Waals surface area contributed by atoms with Gasteiger partial charge in [0.05, 0.1) is 16.3 Å². The summed E-state index contributed by atoms with van der Waals surface area (Å²) in [5, 5.41) is 0. The maximum absolute atomic E-state index is 13.1. The summed E-state index contributed by atoms with van der Waals surface area (Å²) in [5.74, 6) is -1.72. The Morgan fingerprint density at radius 3 is 2.60 bits per heavy atom. The third kappa shape index (κ3) is 1.93. The standard InChI is InChI=1S/C10H10BrF2NO/c11-8-9(13)6(12)4-7(10(8)14)15-5-2-1-3-5/h4-5H,1-3,14H2. The van der Waals surface area contributed by atoms with Crippen molar-refractivity contribution in [1.29, 1.82) is 0 Å². The Morgan fingerprint density at radius 1 is 1.40 bits per heavy atom. The zero-order valence-electron chi connectivity index (χ0n) is 7.90. The van der Waals surface area contributed by atoms with Crippen LogP contribution in [0.2, 0.25) is 0 Å². The van der Waals surface area contributed by atoms with Crippen molar-refractivity contribution in [3.8, 4) is 5.75 Å². The minimum absolute atomic E-state index is 0.0724. The summed E-state index contributed by atoms with van der Waals surface area (Å²) in [7, 11) is 0. The second kappa shape index (κ2) is 3.96. The van der Waals surface area contributed by atoms with E-state index in [0.29, 0.717) is 0 Å². The first-order valence-electron chi connectivity index (χ1n) is 4.69. The van der Waals surface area contributed by atoms with Crippen LogP contribution in [0.15, 0.2) is 10.5 Å². The van der Waals surface area contributed by atoms with Gasteiger partial charge in [-0.3, -0.25) is 0 Å². The van der Waals surface area contributed by atoms with Crippen molar-refractivity contribution in [1.82, 2.24) is 0 Å². The minimum Gasteiger partial charge on any atom is -0.488 e. The Morgan fingerprint density at radius 2 is 2.07 bits per heavy atom. The van der Waals surface area contributed by atoms with Crippen LogP contribution in [0, 0.1) is 11.6 Å².